The van der Waals surface area contributed by atoms with E-state index in [9.17, 15) is 0 Å². The van der Waals surface area contributed by atoms with Gasteiger partial charge in [-0.3, -0.25) is 0 Å². The highest BCUT2D eigenvalue weighted by molar-refractivity contribution is 5.31. The molecule has 0 saturated heterocycles. The molecule has 1 heterocycles. The zero-order valence-electron chi connectivity index (χ0n) is 9.93. The van der Waals surface area contributed by atoms with E-state index in [1.54, 1.807) is 12.4 Å². The van der Waals surface area contributed by atoms with Crippen LogP contribution in [0.5, 0.6) is 0 Å². The smallest absolute Gasteiger partial charge is 0.225 e. The highest BCUT2D eigenvalue weighted by Crippen LogP contribution is 2.31. The van der Waals surface area contributed by atoms with Gasteiger partial charge in [-0.05, 0) is 32.6 Å². The second-order valence-electron chi connectivity index (χ2n) is 4.74. The van der Waals surface area contributed by atoms with Crippen LogP contribution < -0.4 is 4.90 Å². The van der Waals surface area contributed by atoms with E-state index in [1.807, 2.05) is 0 Å². The summed E-state index contributed by atoms with van der Waals surface area (Å²) in [6.45, 7) is 5.37. The van der Waals surface area contributed by atoms with Gasteiger partial charge in [0.2, 0.25) is 5.95 Å². The minimum Gasteiger partial charge on any atom is -0.392 e. The Labute approximate surface area is 96.3 Å². The van der Waals surface area contributed by atoms with E-state index in [0.717, 1.165) is 24.0 Å². The molecule has 1 saturated carbocycles. The summed E-state index contributed by atoms with van der Waals surface area (Å²) in [5, 5.41) is 8.94. The monoisotopic (exact) mass is 221 g/mol. The van der Waals surface area contributed by atoms with Gasteiger partial charge in [-0.15, -0.1) is 0 Å². The molecule has 1 aromatic heterocycles. The van der Waals surface area contributed by atoms with Gasteiger partial charge in [0.1, 0.15) is 0 Å². The molecule has 2 rings (SSSR count). The molecule has 1 aliphatic rings. The van der Waals surface area contributed by atoms with Crippen molar-refractivity contribution in [2.75, 3.05) is 11.4 Å². The lowest BCUT2D eigenvalue weighted by molar-refractivity contribution is 0.281. The summed E-state index contributed by atoms with van der Waals surface area (Å²) < 4.78 is 0. The number of hydrogen-bond donors (Lipinski definition) is 1. The average molecular weight is 221 g/mol. The standard InChI is InChI=1S/C12H19N3O/c1-9(2)15(7-10-3-4-10)12-13-5-11(8-16)6-14-12/h5-6,9-10,16H,3-4,7-8H2,1-2H3. The zero-order valence-corrected chi connectivity index (χ0v) is 9.93. The molecular weight excluding hydrogens is 202 g/mol. The van der Waals surface area contributed by atoms with Crippen molar-refractivity contribution in [2.24, 2.45) is 5.92 Å². The van der Waals surface area contributed by atoms with Crippen LogP contribution in [0.15, 0.2) is 12.4 Å². The normalized spacial score (nSPS) is 15.5. The summed E-state index contributed by atoms with van der Waals surface area (Å²) >= 11 is 0. The Hall–Kier alpha value is -1.16. The maximum absolute atomic E-state index is 8.94. The Morgan fingerprint density at radius 3 is 2.44 bits per heavy atom. The molecule has 0 amide bonds. The van der Waals surface area contributed by atoms with Gasteiger partial charge < -0.3 is 10.0 Å². The highest BCUT2D eigenvalue weighted by atomic mass is 16.3. The SMILES string of the molecule is CC(C)N(CC1CC1)c1ncc(CO)cn1. The molecule has 16 heavy (non-hydrogen) atoms. The van der Waals surface area contributed by atoms with Crippen LogP contribution in [0, 0.1) is 5.92 Å². The molecule has 0 atom stereocenters. The Kier molecular flexibility index (Phi) is 3.39. The van der Waals surface area contributed by atoms with E-state index in [0.29, 0.717) is 6.04 Å². The average Bonchev–Trinajstić information content (AvgIpc) is 3.09. The second kappa shape index (κ2) is 4.78. The van der Waals surface area contributed by atoms with Crippen molar-refractivity contribution < 1.29 is 5.11 Å². The highest BCUT2D eigenvalue weighted by Gasteiger charge is 2.26. The Morgan fingerprint density at radius 1 is 1.38 bits per heavy atom. The quantitative estimate of drug-likeness (QED) is 0.820. The summed E-state index contributed by atoms with van der Waals surface area (Å²) in [5.74, 6) is 1.60. The van der Waals surface area contributed by atoms with Crippen molar-refractivity contribution in [1.82, 2.24) is 9.97 Å². The Morgan fingerprint density at radius 2 is 2.00 bits per heavy atom. The number of aromatic nitrogens is 2. The van der Waals surface area contributed by atoms with Crippen molar-refractivity contribution in [3.63, 3.8) is 0 Å². The maximum atomic E-state index is 8.94. The summed E-state index contributed by atoms with van der Waals surface area (Å²) in [4.78, 5) is 10.8. The number of hydrogen-bond acceptors (Lipinski definition) is 4. The molecule has 0 aliphatic heterocycles. The van der Waals surface area contributed by atoms with Crippen molar-refractivity contribution in [3.8, 4) is 0 Å². The second-order valence-corrected chi connectivity index (χ2v) is 4.74. The van der Waals surface area contributed by atoms with Crippen LogP contribution in [0.3, 0.4) is 0 Å². The summed E-state index contributed by atoms with van der Waals surface area (Å²) in [6, 6.07) is 0.417. The first-order valence-electron chi connectivity index (χ1n) is 5.89. The molecular formula is C12H19N3O. The first-order chi connectivity index (χ1) is 7.70. The fourth-order valence-electron chi connectivity index (χ4n) is 1.68. The molecule has 0 aromatic carbocycles. The lowest BCUT2D eigenvalue weighted by atomic mass is 10.3. The lowest BCUT2D eigenvalue weighted by Gasteiger charge is -2.26. The van der Waals surface area contributed by atoms with Gasteiger partial charge in [-0.25, -0.2) is 9.97 Å². The maximum Gasteiger partial charge on any atom is 0.225 e. The van der Waals surface area contributed by atoms with Crippen LogP contribution in [-0.2, 0) is 6.61 Å². The molecule has 0 radical (unpaired) electrons. The van der Waals surface area contributed by atoms with Gasteiger partial charge in [0.15, 0.2) is 0 Å². The van der Waals surface area contributed by atoms with Crippen LogP contribution in [0.1, 0.15) is 32.3 Å². The predicted octanol–water partition coefficient (Wildman–Crippen LogP) is 1.59. The molecule has 0 unspecified atom stereocenters. The Balaban J connectivity index is 2.10. The number of rotatable bonds is 5. The van der Waals surface area contributed by atoms with Crippen molar-refractivity contribution in [1.29, 1.82) is 0 Å². The van der Waals surface area contributed by atoms with E-state index in [2.05, 4.69) is 28.7 Å². The molecule has 88 valence electrons. The number of aliphatic hydroxyl groups is 1. The van der Waals surface area contributed by atoms with Gasteiger partial charge >= 0.3 is 0 Å². The van der Waals surface area contributed by atoms with Gasteiger partial charge in [-0.1, -0.05) is 0 Å². The van der Waals surface area contributed by atoms with Gasteiger partial charge in [0.25, 0.3) is 0 Å². The third-order valence-corrected chi connectivity index (χ3v) is 2.91. The van der Waals surface area contributed by atoms with E-state index in [1.165, 1.54) is 12.8 Å². The minimum absolute atomic E-state index is 0.00455. The number of aliphatic hydroxyl groups excluding tert-OH is 1. The van der Waals surface area contributed by atoms with E-state index >= 15 is 0 Å². The lowest BCUT2D eigenvalue weighted by Crippen LogP contribution is -2.34. The topological polar surface area (TPSA) is 49.2 Å². The van der Waals surface area contributed by atoms with Crippen LogP contribution in [-0.4, -0.2) is 27.7 Å². The van der Waals surface area contributed by atoms with Crippen LogP contribution in [0.2, 0.25) is 0 Å². The first-order valence-corrected chi connectivity index (χ1v) is 5.89. The van der Waals surface area contributed by atoms with Gasteiger partial charge in [0, 0.05) is 30.5 Å². The molecule has 4 heteroatoms. The third-order valence-electron chi connectivity index (χ3n) is 2.91. The summed E-state index contributed by atoms with van der Waals surface area (Å²) in [5.41, 5.74) is 0.763. The Bertz CT molecular complexity index is 333. The van der Waals surface area contributed by atoms with E-state index < -0.39 is 0 Å². The zero-order chi connectivity index (χ0) is 11.5. The predicted molar refractivity (Wildman–Crippen MR) is 63.2 cm³/mol. The third kappa shape index (κ3) is 2.70. The minimum atomic E-state index is 0.00455. The molecule has 4 nitrogen and oxygen atoms in total. The molecule has 1 aromatic rings. The summed E-state index contributed by atoms with van der Waals surface area (Å²) in [6.07, 6.45) is 6.06. The molecule has 0 bridgehead atoms. The van der Waals surface area contributed by atoms with Crippen molar-refractivity contribution in [2.45, 2.75) is 39.3 Å². The van der Waals surface area contributed by atoms with Gasteiger partial charge in [-0.2, -0.15) is 0 Å². The largest absolute Gasteiger partial charge is 0.392 e. The van der Waals surface area contributed by atoms with Crippen LogP contribution in [0.25, 0.3) is 0 Å². The van der Waals surface area contributed by atoms with Crippen molar-refractivity contribution >= 4 is 5.95 Å². The number of nitrogens with zero attached hydrogens (tertiary/aromatic N) is 3. The van der Waals surface area contributed by atoms with E-state index in [-0.39, 0.29) is 6.61 Å². The molecule has 1 N–H and O–H groups in total. The fraction of sp³-hybridized carbons (Fsp3) is 0.667. The molecule has 0 spiro atoms. The molecule has 1 fully saturated rings. The van der Waals surface area contributed by atoms with Crippen LogP contribution in [0.4, 0.5) is 5.95 Å². The number of anilines is 1. The molecule has 1 aliphatic carbocycles. The van der Waals surface area contributed by atoms with E-state index in [4.69, 9.17) is 5.11 Å². The first kappa shape index (κ1) is 11.3. The van der Waals surface area contributed by atoms with Gasteiger partial charge in [0.05, 0.1) is 6.61 Å². The fourth-order valence-corrected chi connectivity index (χ4v) is 1.68. The van der Waals surface area contributed by atoms with Crippen LogP contribution >= 0.6 is 0 Å². The van der Waals surface area contributed by atoms with Crippen molar-refractivity contribution in [3.05, 3.63) is 18.0 Å². The summed E-state index contributed by atoms with van der Waals surface area (Å²) in [7, 11) is 0.